The van der Waals surface area contributed by atoms with E-state index >= 15 is 0 Å². The zero-order valence-corrected chi connectivity index (χ0v) is 17.8. The Kier molecular flexibility index (Phi) is 12.3. The van der Waals surface area contributed by atoms with Crippen LogP contribution in [-0.2, 0) is 0 Å². The molecule has 0 saturated heterocycles. The molecule has 0 aliphatic carbocycles. The third-order valence-corrected chi connectivity index (χ3v) is 5.01. The Morgan fingerprint density at radius 3 is 2.30 bits per heavy atom. The van der Waals surface area contributed by atoms with Crippen LogP contribution in [0.3, 0.4) is 0 Å². The van der Waals surface area contributed by atoms with Gasteiger partial charge in [0.15, 0.2) is 0 Å². The Hall–Kier alpha value is -1.78. The molecule has 0 radical (unpaired) electrons. The average molecular weight is 387 g/mol. The van der Waals surface area contributed by atoms with E-state index in [4.69, 9.17) is 5.73 Å². The van der Waals surface area contributed by atoms with Gasteiger partial charge >= 0.3 is 0 Å². The topological polar surface area (TPSA) is 55.1 Å². The molecular weight excluding hydrogens is 352 g/mol. The second-order valence-corrected chi connectivity index (χ2v) is 7.69. The molecule has 0 heterocycles. The van der Waals surface area contributed by atoms with E-state index in [0.29, 0.717) is 5.56 Å². The summed E-state index contributed by atoms with van der Waals surface area (Å²) in [4.78, 5) is 13.5. The Labute approximate surface area is 169 Å². The van der Waals surface area contributed by atoms with Gasteiger partial charge in [0.05, 0.1) is 0 Å². The van der Waals surface area contributed by atoms with Gasteiger partial charge in [-0.05, 0) is 62.0 Å². The van der Waals surface area contributed by atoms with Crippen LogP contribution in [0, 0.1) is 6.92 Å². The molecule has 2 rings (SSSR count). The molecule has 0 bridgehead atoms. The molecule has 0 aliphatic heterocycles. The molecule has 0 unspecified atom stereocenters. The molecule has 0 aliphatic rings. The van der Waals surface area contributed by atoms with E-state index < -0.39 is 0 Å². The number of nitrogens with one attached hydrogen (secondary N) is 1. The molecule has 3 N–H and O–H groups in total. The number of unbranched alkanes of at least 4 members (excludes halogenated alkanes) is 4. The Bertz CT molecular complexity index is 656. The zero-order chi connectivity index (χ0) is 19.9. The fraction of sp³-hybridized carbons (Fsp3) is 0.435. The van der Waals surface area contributed by atoms with Gasteiger partial charge in [-0.25, -0.2) is 0 Å². The number of rotatable bonds is 9. The van der Waals surface area contributed by atoms with Gasteiger partial charge in [-0.3, -0.25) is 4.79 Å². The number of carbonyl (C=O) groups excluding carboxylic acids is 1. The summed E-state index contributed by atoms with van der Waals surface area (Å²) in [7, 11) is 0. The maximum absolute atomic E-state index is 12.2. The van der Waals surface area contributed by atoms with Gasteiger partial charge in [0, 0.05) is 16.1 Å². The van der Waals surface area contributed by atoms with E-state index in [1.165, 1.54) is 42.8 Å². The second-order valence-electron chi connectivity index (χ2n) is 6.52. The lowest BCUT2D eigenvalue weighted by Crippen LogP contribution is -2.11. The van der Waals surface area contributed by atoms with Crippen LogP contribution in [0.5, 0.6) is 0 Å². The van der Waals surface area contributed by atoms with Crippen molar-refractivity contribution in [2.24, 2.45) is 5.73 Å². The van der Waals surface area contributed by atoms with Crippen molar-refractivity contribution in [2.45, 2.75) is 57.8 Å². The van der Waals surface area contributed by atoms with Crippen molar-refractivity contribution in [3.63, 3.8) is 0 Å². The molecule has 4 heteroatoms. The maximum atomic E-state index is 12.2. The lowest BCUT2D eigenvalue weighted by Gasteiger charge is -2.07. The van der Waals surface area contributed by atoms with Crippen molar-refractivity contribution in [2.75, 3.05) is 17.6 Å². The van der Waals surface area contributed by atoms with Crippen LogP contribution < -0.4 is 11.1 Å². The van der Waals surface area contributed by atoms with E-state index in [0.717, 1.165) is 17.8 Å². The van der Waals surface area contributed by atoms with Gasteiger partial charge in [-0.1, -0.05) is 57.2 Å². The van der Waals surface area contributed by atoms with E-state index in [-0.39, 0.29) is 5.91 Å². The van der Waals surface area contributed by atoms with E-state index in [1.807, 2.05) is 62.0 Å². The number of anilines is 1. The summed E-state index contributed by atoms with van der Waals surface area (Å²) < 4.78 is 0. The summed E-state index contributed by atoms with van der Waals surface area (Å²) in [5.74, 6) is 1.11. The standard InChI is InChI=1S/C21H27NOS.C2H7N/c1-3-4-5-6-7-15-24-20-13-11-19(12-14-20)22-21(23)18-10-8-9-17(2)16-18;1-2-3/h8-14,16H,3-7,15H2,1-2H3,(H,22,23);2-3H2,1H3. The SMILES string of the molecule is CCCCCCCSc1ccc(NC(=O)c2cccc(C)c2)cc1.CCN. The van der Waals surface area contributed by atoms with Crippen LogP contribution in [0.25, 0.3) is 0 Å². The van der Waals surface area contributed by atoms with Crippen molar-refractivity contribution in [1.82, 2.24) is 0 Å². The number of hydrogen-bond acceptors (Lipinski definition) is 3. The molecular formula is C23H34N2OS. The first kappa shape index (κ1) is 23.3. The van der Waals surface area contributed by atoms with Gasteiger partial charge in [-0.2, -0.15) is 0 Å². The lowest BCUT2D eigenvalue weighted by molar-refractivity contribution is 0.102. The predicted molar refractivity (Wildman–Crippen MR) is 120 cm³/mol. The van der Waals surface area contributed by atoms with Crippen molar-refractivity contribution in [3.05, 3.63) is 59.7 Å². The third kappa shape index (κ3) is 10.2. The maximum Gasteiger partial charge on any atom is 0.255 e. The Morgan fingerprint density at radius 2 is 1.67 bits per heavy atom. The van der Waals surface area contributed by atoms with Gasteiger partial charge in [0.2, 0.25) is 0 Å². The van der Waals surface area contributed by atoms with Crippen molar-refractivity contribution in [3.8, 4) is 0 Å². The van der Waals surface area contributed by atoms with E-state index in [2.05, 4.69) is 24.4 Å². The quantitative estimate of drug-likeness (QED) is 0.394. The summed E-state index contributed by atoms with van der Waals surface area (Å²) in [6, 6.07) is 15.8. The summed E-state index contributed by atoms with van der Waals surface area (Å²) in [5, 5.41) is 2.95. The number of benzene rings is 2. The number of thioether (sulfide) groups is 1. The molecule has 2 aromatic rings. The van der Waals surface area contributed by atoms with Crippen LogP contribution in [0.2, 0.25) is 0 Å². The Balaban J connectivity index is 0.00000114. The normalized spacial score (nSPS) is 10.1. The van der Waals surface area contributed by atoms with E-state index in [1.54, 1.807) is 0 Å². The molecule has 27 heavy (non-hydrogen) atoms. The first-order chi connectivity index (χ1) is 13.1. The van der Waals surface area contributed by atoms with Crippen molar-refractivity contribution in [1.29, 1.82) is 0 Å². The zero-order valence-electron chi connectivity index (χ0n) is 17.0. The Morgan fingerprint density at radius 1 is 1.00 bits per heavy atom. The number of nitrogens with two attached hydrogens (primary N) is 1. The first-order valence-electron chi connectivity index (χ1n) is 9.91. The molecule has 0 aromatic heterocycles. The first-order valence-corrected chi connectivity index (χ1v) is 10.9. The fourth-order valence-electron chi connectivity index (χ4n) is 2.52. The third-order valence-electron chi connectivity index (χ3n) is 3.91. The van der Waals surface area contributed by atoms with E-state index in [9.17, 15) is 4.79 Å². The minimum Gasteiger partial charge on any atom is -0.331 e. The highest BCUT2D eigenvalue weighted by atomic mass is 32.2. The van der Waals surface area contributed by atoms with Crippen LogP contribution in [0.4, 0.5) is 5.69 Å². The number of aryl methyl sites for hydroxylation is 1. The minimum atomic E-state index is -0.0602. The molecule has 1 amide bonds. The van der Waals surface area contributed by atoms with Crippen LogP contribution in [0.1, 0.15) is 61.9 Å². The lowest BCUT2D eigenvalue weighted by atomic mass is 10.1. The minimum absolute atomic E-state index is 0.0602. The summed E-state index contributed by atoms with van der Waals surface area (Å²) in [5.41, 5.74) is 7.47. The van der Waals surface area contributed by atoms with Crippen molar-refractivity contribution < 1.29 is 4.79 Å². The van der Waals surface area contributed by atoms with Crippen LogP contribution in [-0.4, -0.2) is 18.2 Å². The molecule has 2 aromatic carbocycles. The molecule has 0 saturated carbocycles. The van der Waals surface area contributed by atoms with Crippen LogP contribution >= 0.6 is 11.8 Å². The van der Waals surface area contributed by atoms with Crippen LogP contribution in [0.15, 0.2) is 53.4 Å². The van der Waals surface area contributed by atoms with Gasteiger partial charge in [0.1, 0.15) is 0 Å². The highest BCUT2D eigenvalue weighted by Crippen LogP contribution is 2.22. The highest BCUT2D eigenvalue weighted by molar-refractivity contribution is 7.99. The largest absolute Gasteiger partial charge is 0.331 e. The average Bonchev–Trinajstić information content (AvgIpc) is 2.66. The van der Waals surface area contributed by atoms with Gasteiger partial charge in [0.25, 0.3) is 5.91 Å². The molecule has 0 fully saturated rings. The highest BCUT2D eigenvalue weighted by Gasteiger charge is 2.06. The summed E-state index contributed by atoms with van der Waals surface area (Å²) in [6.45, 7) is 6.89. The molecule has 148 valence electrons. The summed E-state index contributed by atoms with van der Waals surface area (Å²) in [6.07, 6.45) is 6.59. The number of hydrogen-bond donors (Lipinski definition) is 2. The van der Waals surface area contributed by atoms with Crippen molar-refractivity contribution >= 4 is 23.4 Å². The smallest absolute Gasteiger partial charge is 0.255 e. The second kappa shape index (κ2) is 14.3. The fourth-order valence-corrected chi connectivity index (χ4v) is 3.43. The molecule has 3 nitrogen and oxygen atoms in total. The summed E-state index contributed by atoms with van der Waals surface area (Å²) >= 11 is 1.89. The number of amides is 1. The molecule has 0 atom stereocenters. The monoisotopic (exact) mass is 386 g/mol. The predicted octanol–water partition coefficient (Wildman–Crippen LogP) is 6.27. The van der Waals surface area contributed by atoms with Gasteiger partial charge in [-0.15, -0.1) is 11.8 Å². The van der Waals surface area contributed by atoms with Gasteiger partial charge < -0.3 is 11.1 Å². The molecule has 0 spiro atoms. The number of carbonyl (C=O) groups is 1.